The van der Waals surface area contributed by atoms with Gasteiger partial charge in [0, 0.05) is 46.8 Å². The Balaban J connectivity index is 1.75. The van der Waals surface area contributed by atoms with Gasteiger partial charge in [0.05, 0.1) is 5.69 Å². The van der Waals surface area contributed by atoms with Gasteiger partial charge < -0.3 is 14.9 Å². The maximum absolute atomic E-state index is 12.6. The van der Waals surface area contributed by atoms with Crippen molar-refractivity contribution in [2.45, 2.75) is 0 Å². The zero-order chi connectivity index (χ0) is 15.1. The van der Waals surface area contributed by atoms with Crippen LogP contribution in [-0.2, 0) is 7.05 Å². The van der Waals surface area contributed by atoms with E-state index >= 15 is 0 Å². The van der Waals surface area contributed by atoms with Crippen molar-refractivity contribution in [2.24, 2.45) is 7.05 Å². The van der Waals surface area contributed by atoms with E-state index in [1.807, 2.05) is 72.5 Å². The first kappa shape index (κ1) is 12.7. The number of anilines is 1. The molecular weight excluding hydrogens is 274 g/mol. The van der Waals surface area contributed by atoms with Crippen LogP contribution in [-0.4, -0.2) is 15.5 Å². The van der Waals surface area contributed by atoms with Crippen molar-refractivity contribution < 1.29 is 4.79 Å². The topological polar surface area (TPSA) is 49.8 Å². The molecule has 4 heteroatoms. The van der Waals surface area contributed by atoms with Gasteiger partial charge in [0.2, 0.25) is 0 Å². The molecule has 2 heterocycles. The van der Waals surface area contributed by atoms with Gasteiger partial charge in [0.1, 0.15) is 0 Å². The second kappa shape index (κ2) is 4.77. The van der Waals surface area contributed by atoms with Crippen molar-refractivity contribution in [3.05, 3.63) is 66.5 Å². The van der Waals surface area contributed by atoms with Crippen LogP contribution in [0.4, 0.5) is 5.69 Å². The number of rotatable bonds is 2. The average Bonchev–Trinajstić information content (AvgIpc) is 3.12. The fraction of sp³-hybridized carbons (Fsp3) is 0.0556. The zero-order valence-electron chi connectivity index (χ0n) is 12.1. The molecule has 4 aromatic rings. The second-order valence-electron chi connectivity index (χ2n) is 5.37. The number of benzene rings is 2. The van der Waals surface area contributed by atoms with Crippen molar-refractivity contribution in [3.8, 4) is 0 Å². The van der Waals surface area contributed by atoms with Crippen molar-refractivity contribution in [1.82, 2.24) is 9.55 Å². The smallest absolute Gasteiger partial charge is 0.256 e. The monoisotopic (exact) mass is 289 g/mol. The van der Waals surface area contributed by atoms with Gasteiger partial charge in [0.25, 0.3) is 5.91 Å². The number of aryl methyl sites for hydroxylation is 1. The highest BCUT2D eigenvalue weighted by molar-refractivity contribution is 6.15. The quantitative estimate of drug-likeness (QED) is 0.577. The molecule has 2 N–H and O–H groups in total. The first-order valence-corrected chi connectivity index (χ1v) is 7.15. The Hall–Kier alpha value is -3.01. The third-order valence-corrected chi connectivity index (χ3v) is 4.01. The first-order valence-electron chi connectivity index (χ1n) is 7.15. The number of aromatic amines is 1. The normalized spacial score (nSPS) is 11.1. The summed E-state index contributed by atoms with van der Waals surface area (Å²) in [6.45, 7) is 0. The summed E-state index contributed by atoms with van der Waals surface area (Å²) in [5, 5.41) is 4.97. The number of aromatic nitrogens is 2. The third kappa shape index (κ3) is 1.89. The van der Waals surface area contributed by atoms with Crippen LogP contribution in [0.15, 0.2) is 60.9 Å². The maximum Gasteiger partial charge on any atom is 0.256 e. The molecule has 0 aliphatic rings. The summed E-state index contributed by atoms with van der Waals surface area (Å²) >= 11 is 0. The number of H-pyrrole nitrogens is 1. The SMILES string of the molecule is Cn1ccc2c(C(=O)Nc3c[nH]c4ccccc34)cccc21. The number of nitrogens with zero attached hydrogens (tertiary/aromatic N) is 1. The predicted molar refractivity (Wildman–Crippen MR) is 89.2 cm³/mol. The Bertz CT molecular complexity index is 994. The van der Waals surface area contributed by atoms with E-state index in [9.17, 15) is 4.79 Å². The predicted octanol–water partition coefficient (Wildman–Crippen LogP) is 3.91. The Morgan fingerprint density at radius 1 is 1.05 bits per heavy atom. The van der Waals surface area contributed by atoms with Crippen molar-refractivity contribution in [3.63, 3.8) is 0 Å². The van der Waals surface area contributed by atoms with E-state index in [2.05, 4.69) is 10.3 Å². The lowest BCUT2D eigenvalue weighted by atomic mass is 10.1. The summed E-state index contributed by atoms with van der Waals surface area (Å²) in [7, 11) is 1.98. The molecule has 108 valence electrons. The summed E-state index contributed by atoms with van der Waals surface area (Å²) in [4.78, 5) is 15.8. The summed E-state index contributed by atoms with van der Waals surface area (Å²) in [6.07, 6.45) is 3.79. The molecule has 0 bridgehead atoms. The number of nitrogens with one attached hydrogen (secondary N) is 2. The van der Waals surface area contributed by atoms with Gasteiger partial charge in [-0.25, -0.2) is 0 Å². The van der Waals surface area contributed by atoms with E-state index in [0.29, 0.717) is 5.56 Å². The van der Waals surface area contributed by atoms with Crippen LogP contribution in [0.5, 0.6) is 0 Å². The number of fused-ring (bicyclic) bond motifs is 2. The highest BCUT2D eigenvalue weighted by atomic mass is 16.1. The highest BCUT2D eigenvalue weighted by Gasteiger charge is 2.13. The highest BCUT2D eigenvalue weighted by Crippen LogP contribution is 2.25. The number of amides is 1. The minimum atomic E-state index is -0.0958. The minimum absolute atomic E-state index is 0.0958. The van der Waals surface area contributed by atoms with Crippen molar-refractivity contribution >= 4 is 33.4 Å². The molecule has 4 nitrogen and oxygen atoms in total. The van der Waals surface area contributed by atoms with E-state index < -0.39 is 0 Å². The van der Waals surface area contributed by atoms with E-state index in [1.54, 1.807) is 0 Å². The molecule has 0 unspecified atom stereocenters. The van der Waals surface area contributed by atoms with Gasteiger partial charge in [-0.15, -0.1) is 0 Å². The third-order valence-electron chi connectivity index (χ3n) is 4.01. The lowest BCUT2D eigenvalue weighted by Gasteiger charge is -2.06. The molecule has 0 radical (unpaired) electrons. The molecule has 1 amide bonds. The van der Waals surface area contributed by atoms with Crippen LogP contribution in [0.25, 0.3) is 21.8 Å². The van der Waals surface area contributed by atoms with Crippen LogP contribution < -0.4 is 5.32 Å². The summed E-state index contributed by atoms with van der Waals surface area (Å²) < 4.78 is 2.01. The van der Waals surface area contributed by atoms with E-state index in [0.717, 1.165) is 27.5 Å². The number of hydrogen-bond acceptors (Lipinski definition) is 1. The Labute approximate surface area is 127 Å². The molecule has 0 aliphatic heterocycles. The molecule has 0 saturated carbocycles. The van der Waals surface area contributed by atoms with E-state index in [-0.39, 0.29) is 5.91 Å². The molecule has 0 aliphatic carbocycles. The molecule has 0 fully saturated rings. The van der Waals surface area contributed by atoms with Gasteiger partial charge in [0.15, 0.2) is 0 Å². The summed E-state index contributed by atoms with van der Waals surface area (Å²) in [6, 6.07) is 15.7. The van der Waals surface area contributed by atoms with Gasteiger partial charge >= 0.3 is 0 Å². The van der Waals surface area contributed by atoms with Crippen LogP contribution in [0, 0.1) is 0 Å². The van der Waals surface area contributed by atoms with Crippen LogP contribution >= 0.6 is 0 Å². The number of carbonyl (C=O) groups is 1. The Morgan fingerprint density at radius 3 is 2.82 bits per heavy atom. The summed E-state index contributed by atoms with van der Waals surface area (Å²) in [5.41, 5.74) is 3.54. The Kier molecular flexibility index (Phi) is 2.76. The lowest BCUT2D eigenvalue weighted by Crippen LogP contribution is -2.11. The van der Waals surface area contributed by atoms with Gasteiger partial charge in [-0.05, 0) is 24.3 Å². The van der Waals surface area contributed by atoms with Crippen LogP contribution in [0.1, 0.15) is 10.4 Å². The molecule has 0 spiro atoms. The zero-order valence-corrected chi connectivity index (χ0v) is 12.1. The molecular formula is C18H15N3O. The molecule has 2 aromatic heterocycles. The standard InChI is InChI=1S/C18H15N3O/c1-21-10-9-12-13(6-4-8-17(12)21)18(22)20-16-11-19-15-7-3-2-5-14(15)16/h2-11,19H,1H3,(H,20,22). The van der Waals surface area contributed by atoms with Crippen molar-refractivity contribution in [1.29, 1.82) is 0 Å². The van der Waals surface area contributed by atoms with Gasteiger partial charge in [-0.3, -0.25) is 4.79 Å². The molecule has 2 aromatic carbocycles. The largest absolute Gasteiger partial charge is 0.359 e. The number of hydrogen-bond donors (Lipinski definition) is 2. The number of carbonyl (C=O) groups excluding carboxylic acids is 1. The molecule has 22 heavy (non-hydrogen) atoms. The van der Waals surface area contributed by atoms with Gasteiger partial charge in [-0.1, -0.05) is 24.3 Å². The molecule has 0 saturated heterocycles. The number of para-hydroxylation sites is 1. The fourth-order valence-corrected chi connectivity index (χ4v) is 2.86. The van der Waals surface area contributed by atoms with E-state index in [1.165, 1.54) is 0 Å². The Morgan fingerprint density at radius 2 is 1.91 bits per heavy atom. The molecule has 0 atom stereocenters. The van der Waals surface area contributed by atoms with Crippen molar-refractivity contribution in [2.75, 3.05) is 5.32 Å². The summed E-state index contributed by atoms with van der Waals surface area (Å²) in [5.74, 6) is -0.0958. The van der Waals surface area contributed by atoms with Crippen LogP contribution in [0.3, 0.4) is 0 Å². The lowest BCUT2D eigenvalue weighted by molar-refractivity contribution is 0.102. The minimum Gasteiger partial charge on any atom is -0.359 e. The molecule has 4 rings (SSSR count). The van der Waals surface area contributed by atoms with Crippen LogP contribution in [0.2, 0.25) is 0 Å². The first-order chi connectivity index (χ1) is 10.7. The van der Waals surface area contributed by atoms with Gasteiger partial charge in [-0.2, -0.15) is 0 Å². The van der Waals surface area contributed by atoms with E-state index in [4.69, 9.17) is 0 Å². The average molecular weight is 289 g/mol. The fourth-order valence-electron chi connectivity index (χ4n) is 2.86. The maximum atomic E-state index is 12.6. The second-order valence-corrected chi connectivity index (χ2v) is 5.37.